The van der Waals surface area contributed by atoms with Crippen molar-refractivity contribution in [2.24, 2.45) is 0 Å². The van der Waals surface area contributed by atoms with E-state index in [-0.39, 0.29) is 12.3 Å². The Bertz CT molecular complexity index is 546. The van der Waals surface area contributed by atoms with E-state index >= 15 is 0 Å². The van der Waals surface area contributed by atoms with Crippen LogP contribution in [-0.4, -0.2) is 19.6 Å². The van der Waals surface area contributed by atoms with Crippen LogP contribution in [0.1, 0.15) is 11.5 Å². The van der Waals surface area contributed by atoms with Crippen LogP contribution in [0.15, 0.2) is 30.5 Å². The number of imidazole rings is 1. The molecule has 1 aromatic carbocycles. The second kappa shape index (κ2) is 4.34. The Morgan fingerprint density at radius 2 is 2.06 bits per heavy atom. The first-order valence-corrected chi connectivity index (χ1v) is 5.02. The van der Waals surface area contributed by atoms with Crippen molar-refractivity contribution in [2.45, 2.75) is 13.5 Å². The Kier molecular flexibility index (Phi) is 2.88. The summed E-state index contributed by atoms with van der Waals surface area (Å²) in [5.41, 5.74) is 1.40. The summed E-state index contributed by atoms with van der Waals surface area (Å²) in [4.78, 5) is 14.2. The summed E-state index contributed by atoms with van der Waals surface area (Å²) in [6.07, 6.45) is 1.70. The van der Waals surface area contributed by atoms with Crippen LogP contribution in [0, 0.1) is 17.0 Å². The SMILES string of the molecule is Cc1nc(CO)cn1-c1ccc([N+](=O)[O-])cc1. The number of aliphatic hydroxyl groups is 1. The summed E-state index contributed by atoms with van der Waals surface area (Å²) in [7, 11) is 0. The molecule has 0 unspecified atom stereocenters. The van der Waals surface area contributed by atoms with Gasteiger partial charge >= 0.3 is 0 Å². The van der Waals surface area contributed by atoms with Gasteiger partial charge in [0.05, 0.1) is 17.2 Å². The molecule has 1 N–H and O–H groups in total. The van der Waals surface area contributed by atoms with Gasteiger partial charge in [0.25, 0.3) is 5.69 Å². The van der Waals surface area contributed by atoms with Crippen LogP contribution >= 0.6 is 0 Å². The van der Waals surface area contributed by atoms with Gasteiger partial charge in [-0.1, -0.05) is 0 Å². The lowest BCUT2D eigenvalue weighted by Gasteiger charge is -2.03. The molecule has 6 heteroatoms. The zero-order valence-corrected chi connectivity index (χ0v) is 9.20. The van der Waals surface area contributed by atoms with Gasteiger partial charge in [0.15, 0.2) is 0 Å². The highest BCUT2D eigenvalue weighted by Gasteiger charge is 2.08. The molecule has 6 nitrogen and oxygen atoms in total. The number of nitrogens with zero attached hydrogens (tertiary/aromatic N) is 3. The molecule has 0 aliphatic carbocycles. The first-order valence-electron chi connectivity index (χ1n) is 5.02. The zero-order valence-electron chi connectivity index (χ0n) is 9.20. The summed E-state index contributed by atoms with van der Waals surface area (Å²) in [5, 5.41) is 19.5. The van der Waals surface area contributed by atoms with E-state index in [4.69, 9.17) is 5.11 Å². The molecule has 0 spiro atoms. The Labute approximate surface area is 97.3 Å². The third-order valence-electron chi connectivity index (χ3n) is 2.43. The highest BCUT2D eigenvalue weighted by molar-refractivity contribution is 5.41. The van der Waals surface area contributed by atoms with Crippen molar-refractivity contribution in [3.05, 3.63) is 52.1 Å². The predicted octanol–water partition coefficient (Wildman–Crippen LogP) is 1.58. The molecular formula is C11H11N3O3. The number of benzene rings is 1. The molecular weight excluding hydrogens is 222 g/mol. The lowest BCUT2D eigenvalue weighted by atomic mass is 10.3. The number of aliphatic hydroxyl groups excluding tert-OH is 1. The van der Waals surface area contributed by atoms with Crippen molar-refractivity contribution in [3.63, 3.8) is 0 Å². The summed E-state index contributed by atoms with van der Waals surface area (Å²) >= 11 is 0. The van der Waals surface area contributed by atoms with Crippen molar-refractivity contribution in [2.75, 3.05) is 0 Å². The van der Waals surface area contributed by atoms with Gasteiger partial charge < -0.3 is 9.67 Å². The number of rotatable bonds is 3. The smallest absolute Gasteiger partial charge is 0.269 e. The van der Waals surface area contributed by atoms with E-state index < -0.39 is 4.92 Å². The van der Waals surface area contributed by atoms with Crippen LogP contribution in [0.5, 0.6) is 0 Å². The fourth-order valence-electron chi connectivity index (χ4n) is 1.61. The second-order valence-electron chi connectivity index (χ2n) is 3.58. The van der Waals surface area contributed by atoms with E-state index in [9.17, 15) is 10.1 Å². The van der Waals surface area contributed by atoms with Gasteiger partial charge in [0, 0.05) is 24.0 Å². The van der Waals surface area contributed by atoms with Crippen molar-refractivity contribution < 1.29 is 10.0 Å². The average molecular weight is 233 g/mol. The third kappa shape index (κ3) is 2.16. The van der Waals surface area contributed by atoms with Crippen molar-refractivity contribution >= 4 is 5.69 Å². The molecule has 0 amide bonds. The zero-order chi connectivity index (χ0) is 12.4. The van der Waals surface area contributed by atoms with Crippen LogP contribution in [-0.2, 0) is 6.61 Å². The molecule has 1 heterocycles. The minimum Gasteiger partial charge on any atom is -0.390 e. The number of nitro benzene ring substituents is 1. The summed E-state index contributed by atoms with van der Waals surface area (Å²) in [5.74, 6) is 0.725. The number of hydrogen-bond donors (Lipinski definition) is 1. The Morgan fingerprint density at radius 3 is 2.53 bits per heavy atom. The van der Waals surface area contributed by atoms with Crippen molar-refractivity contribution in [1.29, 1.82) is 0 Å². The van der Waals surface area contributed by atoms with Crippen LogP contribution in [0.4, 0.5) is 5.69 Å². The number of hydrogen-bond acceptors (Lipinski definition) is 4. The highest BCUT2D eigenvalue weighted by atomic mass is 16.6. The monoisotopic (exact) mass is 233 g/mol. The number of non-ortho nitro benzene ring substituents is 1. The van der Waals surface area contributed by atoms with Crippen LogP contribution in [0.25, 0.3) is 5.69 Å². The van der Waals surface area contributed by atoms with E-state index in [0.717, 1.165) is 11.5 Å². The molecule has 88 valence electrons. The summed E-state index contributed by atoms with van der Waals surface area (Å²) in [6, 6.07) is 6.17. The number of nitro groups is 1. The fraction of sp³-hybridized carbons (Fsp3) is 0.182. The largest absolute Gasteiger partial charge is 0.390 e. The van der Waals surface area contributed by atoms with Crippen molar-refractivity contribution in [1.82, 2.24) is 9.55 Å². The van der Waals surface area contributed by atoms with Crippen LogP contribution < -0.4 is 0 Å². The van der Waals surface area contributed by atoms with E-state index in [1.165, 1.54) is 12.1 Å². The number of aromatic nitrogens is 2. The first kappa shape index (κ1) is 11.3. The summed E-state index contributed by atoms with van der Waals surface area (Å²) in [6.45, 7) is 1.68. The molecule has 0 radical (unpaired) electrons. The number of aryl methyl sites for hydroxylation is 1. The Balaban J connectivity index is 2.39. The predicted molar refractivity (Wildman–Crippen MR) is 60.9 cm³/mol. The van der Waals surface area contributed by atoms with E-state index in [1.807, 2.05) is 0 Å². The molecule has 0 saturated heterocycles. The molecule has 2 aromatic rings. The van der Waals surface area contributed by atoms with E-state index in [0.29, 0.717) is 5.69 Å². The topological polar surface area (TPSA) is 81.2 Å². The van der Waals surface area contributed by atoms with Gasteiger partial charge in [-0.15, -0.1) is 0 Å². The van der Waals surface area contributed by atoms with E-state index in [2.05, 4.69) is 4.98 Å². The van der Waals surface area contributed by atoms with E-state index in [1.54, 1.807) is 29.8 Å². The van der Waals surface area contributed by atoms with Gasteiger partial charge in [0.2, 0.25) is 0 Å². The molecule has 2 rings (SSSR count). The minimum atomic E-state index is -0.441. The normalized spacial score (nSPS) is 10.5. The fourth-order valence-corrected chi connectivity index (χ4v) is 1.61. The average Bonchev–Trinajstić information content (AvgIpc) is 2.71. The maximum absolute atomic E-state index is 10.5. The molecule has 1 aromatic heterocycles. The Hall–Kier alpha value is -2.21. The molecule has 17 heavy (non-hydrogen) atoms. The van der Waals surface area contributed by atoms with Gasteiger partial charge in [0.1, 0.15) is 5.82 Å². The first-order chi connectivity index (χ1) is 8.11. The summed E-state index contributed by atoms with van der Waals surface area (Å²) < 4.78 is 1.77. The van der Waals surface area contributed by atoms with Crippen LogP contribution in [0.3, 0.4) is 0 Å². The molecule has 0 saturated carbocycles. The lowest BCUT2D eigenvalue weighted by molar-refractivity contribution is -0.384. The van der Waals surface area contributed by atoms with Gasteiger partial charge in [-0.05, 0) is 19.1 Å². The van der Waals surface area contributed by atoms with Gasteiger partial charge in [-0.2, -0.15) is 0 Å². The molecule has 0 fully saturated rings. The maximum atomic E-state index is 10.5. The quantitative estimate of drug-likeness (QED) is 0.644. The highest BCUT2D eigenvalue weighted by Crippen LogP contribution is 2.17. The third-order valence-corrected chi connectivity index (χ3v) is 2.43. The molecule has 0 bridgehead atoms. The second-order valence-corrected chi connectivity index (χ2v) is 3.58. The minimum absolute atomic E-state index is 0.0499. The molecule has 0 atom stereocenters. The van der Waals surface area contributed by atoms with Crippen molar-refractivity contribution in [3.8, 4) is 5.69 Å². The van der Waals surface area contributed by atoms with Gasteiger partial charge in [-0.3, -0.25) is 10.1 Å². The van der Waals surface area contributed by atoms with Crippen LogP contribution in [0.2, 0.25) is 0 Å². The Morgan fingerprint density at radius 1 is 1.41 bits per heavy atom. The standard InChI is InChI=1S/C11H11N3O3/c1-8-12-9(7-15)6-13(8)10-2-4-11(5-3-10)14(16)17/h2-6,15H,7H2,1H3. The lowest BCUT2D eigenvalue weighted by Crippen LogP contribution is -1.95. The molecule has 0 aliphatic rings. The van der Waals surface area contributed by atoms with Gasteiger partial charge in [-0.25, -0.2) is 4.98 Å². The maximum Gasteiger partial charge on any atom is 0.269 e. The molecule has 0 aliphatic heterocycles.